The van der Waals surface area contributed by atoms with Gasteiger partial charge >= 0.3 is 0 Å². The van der Waals surface area contributed by atoms with Crippen LogP contribution in [-0.2, 0) is 10.2 Å². The summed E-state index contributed by atoms with van der Waals surface area (Å²) in [6.45, 7) is 2.50. The van der Waals surface area contributed by atoms with Crippen molar-refractivity contribution in [3.63, 3.8) is 0 Å². The number of likely N-dealkylation sites (N-methyl/N-ethyl adjacent to an activating group) is 1. The first-order valence-corrected chi connectivity index (χ1v) is 8.42. The molecule has 0 aromatic heterocycles. The number of likely N-dealkylation sites (tertiary alicyclic amines) is 1. The molecule has 0 bridgehead atoms. The van der Waals surface area contributed by atoms with Gasteiger partial charge in [-0.05, 0) is 51.1 Å². The van der Waals surface area contributed by atoms with Gasteiger partial charge in [0.15, 0.2) is 17.3 Å². The van der Waals surface area contributed by atoms with Gasteiger partial charge in [0.2, 0.25) is 0 Å². The maximum atomic E-state index is 12.1. The second kappa shape index (κ2) is 6.20. The highest BCUT2D eigenvalue weighted by molar-refractivity contribution is 5.98. The Balaban J connectivity index is 2.16. The van der Waals surface area contributed by atoms with E-state index >= 15 is 0 Å². The van der Waals surface area contributed by atoms with Crippen molar-refractivity contribution in [1.29, 1.82) is 0 Å². The van der Waals surface area contributed by atoms with Crippen LogP contribution in [-0.4, -0.2) is 50.3 Å². The fourth-order valence-corrected chi connectivity index (χ4v) is 4.44. The predicted octanol–water partition coefficient (Wildman–Crippen LogP) is 2.60. The summed E-state index contributed by atoms with van der Waals surface area (Å²) in [5.74, 6) is 1.36. The van der Waals surface area contributed by atoms with Crippen LogP contribution in [0.3, 0.4) is 0 Å². The lowest BCUT2D eigenvalue weighted by Crippen LogP contribution is -2.46. The first-order valence-electron chi connectivity index (χ1n) is 8.42. The van der Waals surface area contributed by atoms with Crippen molar-refractivity contribution in [3.05, 3.63) is 23.3 Å². The van der Waals surface area contributed by atoms with Crippen LogP contribution < -0.4 is 9.47 Å². The molecule has 1 aromatic carbocycles. The molecule has 1 saturated heterocycles. The zero-order valence-electron chi connectivity index (χ0n) is 14.8. The van der Waals surface area contributed by atoms with E-state index in [1.165, 1.54) is 0 Å². The Bertz CT molecular complexity index is 684. The minimum Gasteiger partial charge on any atom is -0.493 e. The van der Waals surface area contributed by atoms with Crippen molar-refractivity contribution in [1.82, 2.24) is 4.90 Å². The molecule has 0 radical (unpaired) electrons. The van der Waals surface area contributed by atoms with Gasteiger partial charge in [-0.25, -0.2) is 0 Å². The number of benzene rings is 1. The summed E-state index contributed by atoms with van der Waals surface area (Å²) in [4.78, 5) is 26.4. The lowest BCUT2D eigenvalue weighted by Gasteiger charge is -2.41. The van der Waals surface area contributed by atoms with E-state index in [1.807, 2.05) is 12.1 Å². The van der Waals surface area contributed by atoms with Gasteiger partial charge in [0.1, 0.15) is 5.78 Å². The van der Waals surface area contributed by atoms with Crippen LogP contribution in [0, 0.1) is 0 Å². The molecule has 1 aromatic rings. The molecule has 1 heterocycles. The van der Waals surface area contributed by atoms with Gasteiger partial charge in [-0.1, -0.05) is 0 Å². The Hall–Kier alpha value is -1.88. The van der Waals surface area contributed by atoms with Crippen LogP contribution in [0.25, 0.3) is 0 Å². The van der Waals surface area contributed by atoms with Crippen molar-refractivity contribution in [2.75, 3.05) is 27.8 Å². The highest BCUT2D eigenvalue weighted by Gasteiger charge is 2.50. The third-order valence-corrected chi connectivity index (χ3v) is 5.78. The van der Waals surface area contributed by atoms with Crippen molar-refractivity contribution < 1.29 is 19.1 Å². The first-order chi connectivity index (χ1) is 11.4. The minimum absolute atomic E-state index is 0.0433. The van der Waals surface area contributed by atoms with Crippen LogP contribution in [0.4, 0.5) is 0 Å². The second-order valence-electron chi connectivity index (χ2n) is 6.96. The number of carbonyl (C=O) groups excluding carboxylic acids is 2. The van der Waals surface area contributed by atoms with E-state index in [0.717, 1.165) is 24.9 Å². The highest BCUT2D eigenvalue weighted by Crippen LogP contribution is 2.49. The molecular weight excluding hydrogens is 306 g/mol. The normalized spacial score (nSPS) is 27.0. The van der Waals surface area contributed by atoms with E-state index in [1.54, 1.807) is 21.1 Å². The molecule has 3 rings (SSSR count). The molecule has 24 heavy (non-hydrogen) atoms. The molecular formula is C19H25NO4. The van der Waals surface area contributed by atoms with E-state index in [2.05, 4.69) is 11.9 Å². The van der Waals surface area contributed by atoms with Crippen LogP contribution in [0.1, 0.15) is 48.5 Å². The van der Waals surface area contributed by atoms with Crippen molar-refractivity contribution in [2.24, 2.45) is 0 Å². The van der Waals surface area contributed by atoms with Crippen LogP contribution in [0.2, 0.25) is 0 Å². The molecule has 5 heteroatoms. The molecule has 2 aliphatic rings. The summed E-state index contributed by atoms with van der Waals surface area (Å²) in [7, 11) is 5.22. The molecule has 2 fully saturated rings. The third-order valence-electron chi connectivity index (χ3n) is 5.78. The number of fused-ring (bicyclic) bond motifs is 1. The zero-order valence-corrected chi connectivity index (χ0v) is 14.8. The summed E-state index contributed by atoms with van der Waals surface area (Å²) < 4.78 is 10.9. The number of hydrogen-bond donors (Lipinski definition) is 0. The quantitative estimate of drug-likeness (QED) is 0.794. The number of carbonyl (C=O) groups is 2. The Morgan fingerprint density at radius 1 is 1.25 bits per heavy atom. The topological polar surface area (TPSA) is 55.8 Å². The first kappa shape index (κ1) is 17.0. The summed E-state index contributed by atoms with van der Waals surface area (Å²) >= 11 is 0. The maximum absolute atomic E-state index is 12.1. The van der Waals surface area contributed by atoms with Crippen LogP contribution in [0.15, 0.2) is 12.1 Å². The summed E-state index contributed by atoms with van der Waals surface area (Å²) in [6, 6.07) is 4.13. The van der Waals surface area contributed by atoms with Gasteiger partial charge in [-0.15, -0.1) is 0 Å². The Labute approximate surface area is 142 Å². The lowest BCUT2D eigenvalue weighted by atomic mass is 9.65. The standard InChI is InChI=1S/C19H25NO4/c1-12(21)15-9-13(10-16(23-3)18(15)24-4)19-6-5-14(22)11-17(19)20(2)8-7-19/h9-10,17H,5-8,11H2,1-4H3/t17-,19-/m0/s1. The molecule has 0 N–H and O–H groups in total. The molecule has 0 amide bonds. The Kier molecular flexibility index (Phi) is 4.38. The number of nitrogens with zero attached hydrogens (tertiary/aromatic N) is 1. The molecule has 130 valence electrons. The average Bonchev–Trinajstić information content (AvgIpc) is 2.91. The second-order valence-corrected chi connectivity index (χ2v) is 6.96. The maximum Gasteiger partial charge on any atom is 0.171 e. The van der Waals surface area contributed by atoms with E-state index in [4.69, 9.17) is 9.47 Å². The fourth-order valence-electron chi connectivity index (χ4n) is 4.44. The van der Waals surface area contributed by atoms with Gasteiger partial charge in [0, 0.05) is 24.3 Å². The third kappa shape index (κ3) is 2.51. The molecule has 0 spiro atoms. The summed E-state index contributed by atoms with van der Waals surface area (Å²) in [5, 5.41) is 0. The summed E-state index contributed by atoms with van der Waals surface area (Å²) in [6.07, 6.45) is 3.01. The summed E-state index contributed by atoms with van der Waals surface area (Å²) in [5.41, 5.74) is 1.55. The van der Waals surface area contributed by atoms with Gasteiger partial charge in [0.25, 0.3) is 0 Å². The van der Waals surface area contributed by atoms with E-state index in [9.17, 15) is 9.59 Å². The molecule has 1 aliphatic heterocycles. The fraction of sp³-hybridized carbons (Fsp3) is 0.579. The Morgan fingerprint density at radius 3 is 2.62 bits per heavy atom. The smallest absolute Gasteiger partial charge is 0.171 e. The van der Waals surface area contributed by atoms with Crippen molar-refractivity contribution in [2.45, 2.75) is 44.1 Å². The lowest BCUT2D eigenvalue weighted by molar-refractivity contribution is -0.122. The minimum atomic E-state index is -0.0909. The predicted molar refractivity (Wildman–Crippen MR) is 91.1 cm³/mol. The van der Waals surface area contributed by atoms with Gasteiger partial charge < -0.3 is 14.4 Å². The Morgan fingerprint density at radius 2 is 2.00 bits per heavy atom. The number of ether oxygens (including phenoxy) is 2. The van der Waals surface area contributed by atoms with Crippen LogP contribution in [0.5, 0.6) is 11.5 Å². The molecule has 5 nitrogen and oxygen atoms in total. The largest absolute Gasteiger partial charge is 0.493 e. The van der Waals surface area contributed by atoms with Crippen molar-refractivity contribution in [3.8, 4) is 11.5 Å². The number of methoxy groups -OCH3 is 2. The molecule has 1 aliphatic carbocycles. The SMILES string of the molecule is COc1cc([C@@]23CCC(=O)C[C@@H]2N(C)CC3)cc(C(C)=O)c1OC. The zero-order chi connectivity index (χ0) is 17.5. The number of ketones is 2. The van der Waals surface area contributed by atoms with Gasteiger partial charge in [0.05, 0.1) is 19.8 Å². The molecule has 1 saturated carbocycles. The van der Waals surface area contributed by atoms with E-state index in [-0.39, 0.29) is 17.2 Å². The van der Waals surface area contributed by atoms with Crippen molar-refractivity contribution >= 4 is 11.6 Å². The van der Waals surface area contributed by atoms with Crippen LogP contribution >= 0.6 is 0 Å². The number of Topliss-reactive ketones (excluding diaryl/α,β-unsaturated/α-hetero) is 2. The number of rotatable bonds is 4. The van der Waals surface area contributed by atoms with E-state index in [0.29, 0.717) is 35.7 Å². The van der Waals surface area contributed by atoms with Gasteiger partial charge in [-0.3, -0.25) is 9.59 Å². The van der Waals surface area contributed by atoms with Gasteiger partial charge in [-0.2, -0.15) is 0 Å². The molecule has 2 atom stereocenters. The monoisotopic (exact) mass is 331 g/mol. The van der Waals surface area contributed by atoms with E-state index < -0.39 is 0 Å². The molecule has 0 unspecified atom stereocenters. The number of hydrogen-bond acceptors (Lipinski definition) is 5. The highest BCUT2D eigenvalue weighted by atomic mass is 16.5. The average molecular weight is 331 g/mol.